The lowest BCUT2D eigenvalue weighted by Crippen LogP contribution is -2.39. The number of halogens is 1. The van der Waals surface area contributed by atoms with Crippen LogP contribution in [0.15, 0.2) is 0 Å². The van der Waals surface area contributed by atoms with Crippen LogP contribution in [0, 0.1) is 0 Å². The van der Waals surface area contributed by atoms with Gasteiger partial charge in [-0.05, 0) is 27.7 Å². The molecule has 1 amide bonds. The number of rotatable bonds is 2. The number of amides is 1. The average Bonchev–Trinajstić information content (AvgIpc) is 1.59. The van der Waals surface area contributed by atoms with E-state index in [9.17, 15) is 9.18 Å². The van der Waals surface area contributed by atoms with Gasteiger partial charge in [0, 0.05) is 12.1 Å². The quantitative estimate of drug-likeness (QED) is 0.433. The summed E-state index contributed by atoms with van der Waals surface area (Å²) in [5.74, 6) is 0. The van der Waals surface area contributed by atoms with Gasteiger partial charge < -0.3 is 4.90 Å². The molecule has 3 heteroatoms. The Balaban J connectivity index is 4.12. The fraction of sp³-hybridized carbons (Fsp3) is 0.857. The normalized spacial score (nSPS) is 10.7. The number of carbonyl (C=O) groups excluding carboxylic acids is 1. The minimum atomic E-state index is -1.34. The largest absolute Gasteiger partial charge is 0.400 e. The molecule has 0 aromatic rings. The Labute approximate surface area is 61.0 Å². The van der Waals surface area contributed by atoms with Crippen molar-refractivity contribution in [1.82, 2.24) is 4.90 Å². The van der Waals surface area contributed by atoms with E-state index in [0.717, 1.165) is 0 Å². The zero-order chi connectivity index (χ0) is 8.31. The first-order valence-electron chi connectivity index (χ1n) is 3.44. The minimum Gasteiger partial charge on any atom is -0.310 e. The maximum absolute atomic E-state index is 12.2. The molecule has 0 rings (SSSR count). The molecule has 0 aliphatic heterocycles. The van der Waals surface area contributed by atoms with Crippen LogP contribution < -0.4 is 0 Å². The van der Waals surface area contributed by atoms with Crippen LogP contribution in [0.2, 0.25) is 0 Å². The molecule has 60 valence electrons. The lowest BCUT2D eigenvalue weighted by Gasteiger charge is -2.26. The van der Waals surface area contributed by atoms with Crippen LogP contribution in [0.1, 0.15) is 27.7 Å². The van der Waals surface area contributed by atoms with E-state index in [0.29, 0.717) is 0 Å². The molecule has 0 N–H and O–H groups in total. The molecular formula is C7H14FNO. The van der Waals surface area contributed by atoms with Crippen molar-refractivity contribution in [2.75, 3.05) is 0 Å². The molecule has 2 nitrogen and oxygen atoms in total. The topological polar surface area (TPSA) is 20.3 Å². The molecule has 0 heterocycles. The first-order valence-corrected chi connectivity index (χ1v) is 3.44. The van der Waals surface area contributed by atoms with Crippen molar-refractivity contribution in [3.63, 3.8) is 0 Å². The Morgan fingerprint density at radius 3 is 1.50 bits per heavy atom. The van der Waals surface area contributed by atoms with Gasteiger partial charge in [0.1, 0.15) is 0 Å². The van der Waals surface area contributed by atoms with Gasteiger partial charge in [-0.2, -0.15) is 0 Å². The summed E-state index contributed by atoms with van der Waals surface area (Å²) >= 11 is 0. The van der Waals surface area contributed by atoms with E-state index >= 15 is 0 Å². The SMILES string of the molecule is CC(C)N(C(=O)F)C(C)C. The van der Waals surface area contributed by atoms with Crippen LogP contribution in [-0.2, 0) is 0 Å². The number of hydrogen-bond acceptors (Lipinski definition) is 1. The van der Waals surface area contributed by atoms with Crippen LogP contribution in [0.5, 0.6) is 0 Å². The molecule has 0 aromatic heterocycles. The van der Waals surface area contributed by atoms with E-state index in [1.807, 2.05) is 0 Å². The average molecular weight is 147 g/mol. The van der Waals surface area contributed by atoms with Crippen molar-refractivity contribution < 1.29 is 9.18 Å². The second-order valence-electron chi connectivity index (χ2n) is 2.85. The van der Waals surface area contributed by atoms with Gasteiger partial charge in [0.2, 0.25) is 0 Å². The molecule has 0 bridgehead atoms. The van der Waals surface area contributed by atoms with Crippen molar-refractivity contribution in [1.29, 1.82) is 0 Å². The van der Waals surface area contributed by atoms with Gasteiger partial charge in [0.25, 0.3) is 0 Å². The Morgan fingerprint density at radius 1 is 1.20 bits per heavy atom. The molecule has 0 aromatic carbocycles. The van der Waals surface area contributed by atoms with Crippen molar-refractivity contribution in [3.8, 4) is 0 Å². The number of nitrogens with zero attached hydrogens (tertiary/aromatic N) is 1. The monoisotopic (exact) mass is 147 g/mol. The lowest BCUT2D eigenvalue weighted by molar-refractivity contribution is 0.143. The number of hydrogen-bond donors (Lipinski definition) is 0. The van der Waals surface area contributed by atoms with Crippen LogP contribution >= 0.6 is 0 Å². The third-order valence-electron chi connectivity index (χ3n) is 1.32. The van der Waals surface area contributed by atoms with E-state index in [1.54, 1.807) is 27.7 Å². The first-order chi connectivity index (χ1) is 4.46. The van der Waals surface area contributed by atoms with E-state index in [-0.39, 0.29) is 12.1 Å². The minimum absolute atomic E-state index is 0.0579. The highest BCUT2D eigenvalue weighted by Crippen LogP contribution is 2.06. The Hall–Kier alpha value is -0.600. The zero-order valence-electron chi connectivity index (χ0n) is 6.89. The fourth-order valence-corrected chi connectivity index (χ4v) is 1.00. The van der Waals surface area contributed by atoms with Gasteiger partial charge in [0.05, 0.1) is 0 Å². The van der Waals surface area contributed by atoms with Crippen LogP contribution in [-0.4, -0.2) is 23.1 Å². The summed E-state index contributed by atoms with van der Waals surface area (Å²) in [6.45, 7) is 7.16. The smallest absolute Gasteiger partial charge is 0.310 e. The second-order valence-corrected chi connectivity index (χ2v) is 2.85. The summed E-state index contributed by atoms with van der Waals surface area (Å²) in [4.78, 5) is 11.5. The van der Waals surface area contributed by atoms with Crippen molar-refractivity contribution >= 4 is 6.16 Å². The van der Waals surface area contributed by atoms with E-state index in [4.69, 9.17) is 0 Å². The summed E-state index contributed by atoms with van der Waals surface area (Å²) in [5, 5.41) is 0. The van der Waals surface area contributed by atoms with Crippen molar-refractivity contribution in [3.05, 3.63) is 0 Å². The Bertz CT molecular complexity index is 115. The van der Waals surface area contributed by atoms with Gasteiger partial charge in [0.15, 0.2) is 0 Å². The summed E-state index contributed by atoms with van der Waals surface area (Å²) in [7, 11) is 0. The first kappa shape index (κ1) is 9.40. The highest BCUT2D eigenvalue weighted by atomic mass is 19.1. The molecule has 0 aliphatic carbocycles. The summed E-state index contributed by atoms with van der Waals surface area (Å²) in [6.07, 6.45) is -1.34. The Kier molecular flexibility index (Phi) is 3.33. The zero-order valence-corrected chi connectivity index (χ0v) is 6.89. The summed E-state index contributed by atoms with van der Waals surface area (Å²) < 4.78 is 12.2. The predicted octanol–water partition coefficient (Wildman–Crippen LogP) is 2.19. The third kappa shape index (κ3) is 2.33. The highest BCUT2D eigenvalue weighted by molar-refractivity contribution is 5.66. The van der Waals surface area contributed by atoms with Crippen molar-refractivity contribution in [2.24, 2.45) is 0 Å². The molecule has 0 atom stereocenters. The van der Waals surface area contributed by atoms with Crippen LogP contribution in [0.25, 0.3) is 0 Å². The molecule has 0 spiro atoms. The third-order valence-corrected chi connectivity index (χ3v) is 1.32. The van der Waals surface area contributed by atoms with Gasteiger partial charge in [-0.1, -0.05) is 0 Å². The second kappa shape index (κ2) is 3.54. The molecule has 0 radical (unpaired) electrons. The molecule has 0 unspecified atom stereocenters. The summed E-state index contributed by atoms with van der Waals surface area (Å²) in [5.41, 5.74) is 0. The van der Waals surface area contributed by atoms with Gasteiger partial charge in [-0.15, -0.1) is 4.39 Å². The van der Waals surface area contributed by atoms with E-state index in [2.05, 4.69) is 0 Å². The molecule has 10 heavy (non-hydrogen) atoms. The Morgan fingerprint density at radius 2 is 1.50 bits per heavy atom. The van der Waals surface area contributed by atoms with E-state index in [1.165, 1.54) is 4.90 Å². The highest BCUT2D eigenvalue weighted by Gasteiger charge is 2.18. The summed E-state index contributed by atoms with van der Waals surface area (Å²) in [6, 6.07) is -0.116. The fourth-order valence-electron chi connectivity index (χ4n) is 1.00. The van der Waals surface area contributed by atoms with Gasteiger partial charge >= 0.3 is 6.16 Å². The maximum Gasteiger partial charge on any atom is 0.400 e. The van der Waals surface area contributed by atoms with Gasteiger partial charge in [-0.3, -0.25) is 0 Å². The molecule has 0 aliphatic rings. The van der Waals surface area contributed by atoms with E-state index < -0.39 is 6.16 Å². The number of carbonyl (C=O) groups is 1. The van der Waals surface area contributed by atoms with Crippen LogP contribution in [0.4, 0.5) is 9.18 Å². The molecule has 0 saturated carbocycles. The predicted molar refractivity (Wildman–Crippen MR) is 38.6 cm³/mol. The molecular weight excluding hydrogens is 133 g/mol. The maximum atomic E-state index is 12.2. The van der Waals surface area contributed by atoms with Crippen LogP contribution in [0.3, 0.4) is 0 Å². The lowest BCUT2D eigenvalue weighted by atomic mass is 10.2. The molecule has 0 fully saturated rings. The van der Waals surface area contributed by atoms with Crippen molar-refractivity contribution in [2.45, 2.75) is 39.8 Å². The van der Waals surface area contributed by atoms with Gasteiger partial charge in [-0.25, -0.2) is 4.79 Å². The standard InChI is InChI=1S/C7H14FNO/c1-5(2)9(6(3)4)7(8)10/h5-6H,1-4H3. The molecule has 0 saturated heterocycles.